The Balaban J connectivity index is 1.81. The minimum absolute atomic E-state index is 0.0597. The van der Waals surface area contributed by atoms with Crippen LogP contribution < -0.4 is 20.6 Å². The summed E-state index contributed by atoms with van der Waals surface area (Å²) in [5, 5.41) is 0.641. The van der Waals surface area contributed by atoms with Crippen LogP contribution in [0.4, 0.5) is 0 Å². The number of rotatable bonds is 6. The van der Waals surface area contributed by atoms with Crippen molar-refractivity contribution in [1.82, 2.24) is 5.48 Å². The van der Waals surface area contributed by atoms with E-state index in [9.17, 15) is 9.59 Å². The summed E-state index contributed by atoms with van der Waals surface area (Å²) in [6.07, 6.45) is 0. The van der Waals surface area contributed by atoms with Crippen molar-refractivity contribution in [3.8, 4) is 17.2 Å². The highest BCUT2D eigenvalue weighted by molar-refractivity contribution is 5.80. The van der Waals surface area contributed by atoms with Crippen molar-refractivity contribution in [3.63, 3.8) is 0 Å². The number of nitrogens with one attached hydrogen (secondary N) is 1. The maximum absolute atomic E-state index is 12.0. The minimum atomic E-state index is -0.686. The topological polar surface area (TPSA) is 87.0 Å². The van der Waals surface area contributed by atoms with Gasteiger partial charge >= 0.3 is 5.63 Å². The molecule has 2 aromatic carbocycles. The van der Waals surface area contributed by atoms with Crippen molar-refractivity contribution in [1.29, 1.82) is 0 Å². The van der Waals surface area contributed by atoms with E-state index < -0.39 is 11.5 Å². The average molecular weight is 341 g/mol. The molecule has 1 amide bonds. The van der Waals surface area contributed by atoms with Crippen LogP contribution in [0, 0.1) is 0 Å². The molecule has 0 aliphatic heterocycles. The SMILES string of the molecule is CONC(=O)COc1cc2ccc(Oc3ccccc3)cc2oc1=O. The Morgan fingerprint density at radius 3 is 2.64 bits per heavy atom. The van der Waals surface area contributed by atoms with Crippen molar-refractivity contribution >= 4 is 16.9 Å². The zero-order valence-corrected chi connectivity index (χ0v) is 13.4. The van der Waals surface area contributed by atoms with Crippen LogP contribution in [0.15, 0.2) is 63.8 Å². The standard InChI is InChI=1S/C18H15NO6/c1-22-19-17(20)11-23-16-9-12-7-8-14(10-15(12)25-18(16)21)24-13-5-3-2-4-6-13/h2-10H,11H2,1H3,(H,19,20). The molecule has 1 N–H and O–H groups in total. The van der Waals surface area contributed by atoms with Crippen LogP contribution in [-0.2, 0) is 9.63 Å². The smallest absolute Gasteiger partial charge is 0.379 e. The summed E-state index contributed by atoms with van der Waals surface area (Å²) in [6.45, 7) is -0.362. The van der Waals surface area contributed by atoms with Gasteiger partial charge in [-0.3, -0.25) is 9.63 Å². The molecule has 1 heterocycles. The van der Waals surface area contributed by atoms with Gasteiger partial charge in [0.25, 0.3) is 5.91 Å². The molecule has 3 rings (SSSR count). The molecule has 7 heteroatoms. The first-order valence-electron chi connectivity index (χ1n) is 7.41. The van der Waals surface area contributed by atoms with Crippen molar-refractivity contribution in [2.75, 3.05) is 13.7 Å². The Hall–Kier alpha value is -3.32. The fraction of sp³-hybridized carbons (Fsp3) is 0.111. The number of carbonyl (C=O) groups is 1. The van der Waals surface area contributed by atoms with E-state index in [-0.39, 0.29) is 12.4 Å². The monoisotopic (exact) mass is 341 g/mol. The Morgan fingerprint density at radius 2 is 1.88 bits per heavy atom. The molecule has 1 aromatic heterocycles. The van der Waals surface area contributed by atoms with E-state index in [4.69, 9.17) is 13.9 Å². The third-order valence-electron chi connectivity index (χ3n) is 3.23. The van der Waals surface area contributed by atoms with E-state index in [0.29, 0.717) is 22.5 Å². The normalized spacial score (nSPS) is 10.4. The van der Waals surface area contributed by atoms with Crippen LogP contribution in [0.3, 0.4) is 0 Å². The highest BCUT2D eigenvalue weighted by Crippen LogP contribution is 2.26. The molecular weight excluding hydrogens is 326 g/mol. The van der Waals surface area contributed by atoms with Crippen molar-refractivity contribution in [2.24, 2.45) is 0 Å². The maximum atomic E-state index is 12.0. The Bertz CT molecular complexity index is 935. The highest BCUT2D eigenvalue weighted by Gasteiger charge is 2.10. The molecule has 3 aromatic rings. The molecule has 128 valence electrons. The first kappa shape index (κ1) is 16.5. The Labute approximate surface area is 142 Å². The van der Waals surface area contributed by atoms with Gasteiger partial charge in [0, 0.05) is 11.5 Å². The molecule has 25 heavy (non-hydrogen) atoms. The average Bonchev–Trinajstić information content (AvgIpc) is 2.61. The lowest BCUT2D eigenvalue weighted by Crippen LogP contribution is -2.28. The Kier molecular flexibility index (Phi) is 4.96. The number of hydrogen-bond donors (Lipinski definition) is 1. The molecule has 0 radical (unpaired) electrons. The van der Waals surface area contributed by atoms with Crippen molar-refractivity contribution < 1.29 is 23.5 Å². The lowest BCUT2D eigenvalue weighted by Gasteiger charge is -2.08. The molecule has 0 atom stereocenters. The van der Waals surface area contributed by atoms with Crippen LogP contribution in [-0.4, -0.2) is 19.6 Å². The van der Waals surface area contributed by atoms with E-state index in [1.165, 1.54) is 13.2 Å². The lowest BCUT2D eigenvalue weighted by molar-refractivity contribution is -0.133. The van der Waals surface area contributed by atoms with Crippen LogP contribution in [0.25, 0.3) is 11.0 Å². The first-order valence-corrected chi connectivity index (χ1v) is 7.41. The van der Waals surface area contributed by atoms with Crippen LogP contribution >= 0.6 is 0 Å². The summed E-state index contributed by atoms with van der Waals surface area (Å²) < 4.78 is 16.1. The van der Waals surface area contributed by atoms with Gasteiger partial charge in [-0.1, -0.05) is 18.2 Å². The molecule has 0 unspecified atom stereocenters. The fourth-order valence-electron chi connectivity index (χ4n) is 2.15. The van der Waals surface area contributed by atoms with Crippen LogP contribution in [0.1, 0.15) is 0 Å². The molecule has 0 saturated heterocycles. The number of hydroxylamine groups is 1. The van der Waals surface area contributed by atoms with Crippen LogP contribution in [0.5, 0.6) is 17.2 Å². The zero-order valence-electron chi connectivity index (χ0n) is 13.4. The number of carbonyl (C=O) groups excluding carboxylic acids is 1. The van der Waals surface area contributed by atoms with Crippen molar-refractivity contribution in [3.05, 3.63) is 65.0 Å². The van der Waals surface area contributed by atoms with Gasteiger partial charge in [-0.25, -0.2) is 10.3 Å². The van der Waals surface area contributed by atoms with Crippen LogP contribution in [0.2, 0.25) is 0 Å². The van der Waals surface area contributed by atoms with Crippen molar-refractivity contribution in [2.45, 2.75) is 0 Å². The van der Waals surface area contributed by atoms with Gasteiger partial charge in [0.1, 0.15) is 17.1 Å². The second kappa shape index (κ2) is 7.50. The molecule has 7 nitrogen and oxygen atoms in total. The van der Waals surface area contributed by atoms with Gasteiger partial charge in [-0.15, -0.1) is 0 Å². The minimum Gasteiger partial charge on any atom is -0.476 e. The molecule has 0 aliphatic carbocycles. The van der Waals surface area contributed by atoms with Gasteiger partial charge in [-0.05, 0) is 30.3 Å². The van der Waals surface area contributed by atoms with Gasteiger partial charge in [0.2, 0.25) is 5.75 Å². The molecule has 0 bridgehead atoms. The number of para-hydroxylation sites is 1. The predicted molar refractivity (Wildman–Crippen MR) is 89.6 cm³/mol. The van der Waals surface area contributed by atoms with Gasteiger partial charge in [0.15, 0.2) is 6.61 Å². The predicted octanol–water partition coefficient (Wildman–Crippen LogP) is 2.64. The number of amides is 1. The van der Waals surface area contributed by atoms with Gasteiger partial charge in [0.05, 0.1) is 7.11 Å². The second-order valence-corrected chi connectivity index (χ2v) is 5.03. The third kappa shape index (κ3) is 4.15. The molecule has 0 fully saturated rings. The number of hydrogen-bond acceptors (Lipinski definition) is 6. The van der Waals surface area contributed by atoms with Gasteiger partial charge in [-0.2, -0.15) is 0 Å². The third-order valence-corrected chi connectivity index (χ3v) is 3.23. The molecule has 0 aliphatic rings. The highest BCUT2D eigenvalue weighted by atomic mass is 16.6. The zero-order chi connectivity index (χ0) is 17.6. The Morgan fingerprint density at radius 1 is 1.08 bits per heavy atom. The molecule has 0 saturated carbocycles. The van der Waals surface area contributed by atoms with Gasteiger partial charge < -0.3 is 13.9 Å². The van der Waals surface area contributed by atoms with E-state index >= 15 is 0 Å². The molecular formula is C18H15NO6. The van der Waals surface area contributed by atoms with E-state index in [2.05, 4.69) is 10.3 Å². The van der Waals surface area contributed by atoms with E-state index in [1.54, 1.807) is 18.2 Å². The van der Waals surface area contributed by atoms with E-state index in [1.807, 2.05) is 30.3 Å². The maximum Gasteiger partial charge on any atom is 0.379 e. The summed E-state index contributed by atoms with van der Waals surface area (Å²) in [5.41, 5.74) is 1.76. The number of benzene rings is 2. The molecule has 0 spiro atoms. The summed E-state index contributed by atoms with van der Waals surface area (Å²) in [4.78, 5) is 27.7. The summed E-state index contributed by atoms with van der Waals surface area (Å²) in [6, 6.07) is 15.9. The lowest BCUT2D eigenvalue weighted by atomic mass is 10.2. The largest absolute Gasteiger partial charge is 0.476 e. The quantitative estimate of drug-likeness (QED) is 0.548. The summed E-state index contributed by atoms with van der Waals surface area (Å²) in [7, 11) is 1.30. The number of fused-ring (bicyclic) bond motifs is 1. The van der Waals surface area contributed by atoms with E-state index in [0.717, 1.165) is 0 Å². The first-order chi connectivity index (χ1) is 12.2. The summed E-state index contributed by atoms with van der Waals surface area (Å²) >= 11 is 0. The fourth-order valence-corrected chi connectivity index (χ4v) is 2.15. The second-order valence-electron chi connectivity index (χ2n) is 5.03. The number of ether oxygens (including phenoxy) is 2. The summed E-state index contributed by atoms with van der Waals surface area (Å²) in [5.74, 6) is 0.632.